The van der Waals surface area contributed by atoms with E-state index in [0.29, 0.717) is 17.8 Å². The van der Waals surface area contributed by atoms with Crippen molar-refractivity contribution in [1.29, 1.82) is 0 Å². The molecule has 0 saturated carbocycles. The van der Waals surface area contributed by atoms with Crippen LogP contribution in [0.15, 0.2) is 48.5 Å². The Morgan fingerprint density at radius 1 is 1.17 bits per heavy atom. The van der Waals surface area contributed by atoms with Crippen LogP contribution in [0.4, 0.5) is 5.69 Å². The first-order chi connectivity index (χ1) is 11.6. The number of nitrogens with two attached hydrogens (primary N) is 1. The summed E-state index contributed by atoms with van der Waals surface area (Å²) in [5, 5.41) is 13.0. The number of carbonyl (C=O) groups is 1. The van der Waals surface area contributed by atoms with Crippen molar-refractivity contribution in [2.75, 3.05) is 25.4 Å². The molecule has 1 unspecified atom stereocenters. The van der Waals surface area contributed by atoms with Crippen molar-refractivity contribution in [3.05, 3.63) is 65.2 Å². The second-order valence-corrected chi connectivity index (χ2v) is 6.20. The monoisotopic (exact) mass is 325 g/mol. The maximum atomic E-state index is 12.1. The molecule has 3 rings (SSSR count). The fourth-order valence-corrected chi connectivity index (χ4v) is 3.08. The van der Waals surface area contributed by atoms with Crippen molar-refractivity contribution in [2.45, 2.75) is 19.1 Å². The van der Waals surface area contributed by atoms with Gasteiger partial charge < -0.3 is 16.2 Å². The van der Waals surface area contributed by atoms with Gasteiger partial charge in [0.2, 0.25) is 0 Å². The van der Waals surface area contributed by atoms with Crippen LogP contribution < -0.4 is 11.1 Å². The van der Waals surface area contributed by atoms with E-state index in [1.807, 2.05) is 6.07 Å². The maximum Gasteiger partial charge on any atom is 0.253 e. The Morgan fingerprint density at radius 2 is 1.88 bits per heavy atom. The van der Waals surface area contributed by atoms with E-state index in [-0.39, 0.29) is 12.5 Å². The summed E-state index contributed by atoms with van der Waals surface area (Å²) in [6, 6.07) is 15.3. The van der Waals surface area contributed by atoms with Crippen LogP contribution in [-0.2, 0) is 13.0 Å². The number of fused-ring (bicyclic) bond motifs is 1. The van der Waals surface area contributed by atoms with E-state index in [1.54, 1.807) is 24.3 Å². The summed E-state index contributed by atoms with van der Waals surface area (Å²) in [5.41, 5.74) is 9.38. The van der Waals surface area contributed by atoms with Crippen molar-refractivity contribution in [2.24, 2.45) is 0 Å². The molecule has 5 nitrogen and oxygen atoms in total. The van der Waals surface area contributed by atoms with E-state index in [1.165, 1.54) is 11.1 Å². The molecule has 5 heteroatoms. The van der Waals surface area contributed by atoms with Gasteiger partial charge in [0.15, 0.2) is 0 Å². The number of aliphatic hydroxyl groups is 1. The largest absolute Gasteiger partial charge is 0.398 e. The third kappa shape index (κ3) is 3.93. The summed E-state index contributed by atoms with van der Waals surface area (Å²) in [6.45, 7) is 2.52. The molecule has 1 heterocycles. The Morgan fingerprint density at radius 3 is 2.67 bits per heavy atom. The molecule has 4 N–H and O–H groups in total. The van der Waals surface area contributed by atoms with Crippen molar-refractivity contribution in [3.8, 4) is 0 Å². The molecule has 1 aliphatic heterocycles. The summed E-state index contributed by atoms with van der Waals surface area (Å²) >= 11 is 0. The summed E-state index contributed by atoms with van der Waals surface area (Å²) in [4.78, 5) is 14.3. The number of carbonyl (C=O) groups excluding carboxylic acids is 1. The van der Waals surface area contributed by atoms with Gasteiger partial charge in [-0.3, -0.25) is 9.69 Å². The van der Waals surface area contributed by atoms with E-state index in [0.717, 1.165) is 19.5 Å². The van der Waals surface area contributed by atoms with Crippen LogP contribution >= 0.6 is 0 Å². The first-order valence-corrected chi connectivity index (χ1v) is 8.23. The molecule has 1 aliphatic rings. The van der Waals surface area contributed by atoms with Gasteiger partial charge in [-0.1, -0.05) is 36.4 Å². The zero-order valence-electron chi connectivity index (χ0n) is 13.6. The quantitative estimate of drug-likeness (QED) is 0.727. The lowest BCUT2D eigenvalue weighted by Crippen LogP contribution is -2.42. The van der Waals surface area contributed by atoms with E-state index in [9.17, 15) is 9.90 Å². The molecule has 0 fully saturated rings. The molecule has 2 aromatic carbocycles. The van der Waals surface area contributed by atoms with Gasteiger partial charge in [-0.2, -0.15) is 0 Å². The van der Waals surface area contributed by atoms with Crippen LogP contribution in [0.2, 0.25) is 0 Å². The highest BCUT2D eigenvalue weighted by Crippen LogP contribution is 2.18. The van der Waals surface area contributed by atoms with E-state index in [4.69, 9.17) is 5.73 Å². The van der Waals surface area contributed by atoms with E-state index in [2.05, 4.69) is 28.4 Å². The van der Waals surface area contributed by atoms with Crippen molar-refractivity contribution >= 4 is 11.6 Å². The number of rotatable bonds is 5. The molecule has 0 radical (unpaired) electrons. The van der Waals surface area contributed by atoms with E-state index >= 15 is 0 Å². The van der Waals surface area contributed by atoms with Crippen molar-refractivity contribution < 1.29 is 9.90 Å². The van der Waals surface area contributed by atoms with Gasteiger partial charge in [-0.25, -0.2) is 0 Å². The van der Waals surface area contributed by atoms with Gasteiger partial charge in [0.05, 0.1) is 11.7 Å². The normalized spacial score (nSPS) is 15.5. The van der Waals surface area contributed by atoms with E-state index < -0.39 is 6.10 Å². The van der Waals surface area contributed by atoms with Gasteiger partial charge in [0.25, 0.3) is 5.91 Å². The first kappa shape index (κ1) is 16.5. The van der Waals surface area contributed by atoms with Gasteiger partial charge in [-0.15, -0.1) is 0 Å². The minimum Gasteiger partial charge on any atom is -0.398 e. The predicted molar refractivity (Wildman–Crippen MR) is 94.6 cm³/mol. The summed E-state index contributed by atoms with van der Waals surface area (Å²) in [6.07, 6.45) is 0.389. The molecule has 126 valence electrons. The van der Waals surface area contributed by atoms with Crippen molar-refractivity contribution in [3.63, 3.8) is 0 Å². The standard InChI is InChI=1S/C19H23N3O2/c20-18-8-4-3-7-17(18)19(24)21-11-16(23)13-22-10-9-14-5-1-2-6-15(14)12-22/h1-8,16,23H,9-13,20H2,(H,21,24). The number of hydrogen-bond donors (Lipinski definition) is 3. The predicted octanol–water partition coefficient (Wildman–Crippen LogP) is 1.42. The van der Waals surface area contributed by atoms with Gasteiger partial charge in [-0.05, 0) is 29.7 Å². The average molecular weight is 325 g/mol. The number of para-hydroxylation sites is 1. The van der Waals surface area contributed by atoms with Crippen LogP contribution in [0.1, 0.15) is 21.5 Å². The summed E-state index contributed by atoms with van der Waals surface area (Å²) in [7, 11) is 0. The average Bonchev–Trinajstić information content (AvgIpc) is 2.60. The molecule has 0 bridgehead atoms. The molecule has 24 heavy (non-hydrogen) atoms. The molecular formula is C19H23N3O2. The minimum atomic E-state index is -0.607. The number of nitrogens with one attached hydrogen (secondary N) is 1. The Hall–Kier alpha value is -2.37. The molecule has 1 amide bonds. The fraction of sp³-hybridized carbons (Fsp3) is 0.316. The Bertz CT molecular complexity index is 717. The molecule has 0 saturated heterocycles. The van der Waals surface area contributed by atoms with Crippen LogP contribution in [0, 0.1) is 0 Å². The molecular weight excluding hydrogens is 302 g/mol. The highest BCUT2D eigenvalue weighted by atomic mass is 16.3. The topological polar surface area (TPSA) is 78.6 Å². The van der Waals surface area contributed by atoms with Gasteiger partial charge in [0.1, 0.15) is 0 Å². The zero-order valence-corrected chi connectivity index (χ0v) is 13.6. The smallest absolute Gasteiger partial charge is 0.253 e. The zero-order chi connectivity index (χ0) is 16.9. The Balaban J connectivity index is 1.49. The number of aliphatic hydroxyl groups excluding tert-OH is 1. The number of nitrogens with zero attached hydrogens (tertiary/aromatic N) is 1. The van der Waals surface area contributed by atoms with Crippen LogP contribution in [0.25, 0.3) is 0 Å². The fourth-order valence-electron chi connectivity index (χ4n) is 3.08. The number of β-amino-alcohol motifs (C(OH)–C–C–N with tert-alkyl or cyclic N) is 1. The number of nitrogen functional groups attached to an aromatic ring is 1. The maximum absolute atomic E-state index is 12.1. The summed E-state index contributed by atoms with van der Waals surface area (Å²) in [5.74, 6) is -0.254. The SMILES string of the molecule is Nc1ccccc1C(=O)NCC(O)CN1CCc2ccccc2C1. The van der Waals surface area contributed by atoms with Crippen molar-refractivity contribution in [1.82, 2.24) is 10.2 Å². The van der Waals surface area contributed by atoms with Crippen LogP contribution in [0.5, 0.6) is 0 Å². The highest BCUT2D eigenvalue weighted by molar-refractivity contribution is 5.99. The lowest BCUT2D eigenvalue weighted by Gasteiger charge is -2.30. The third-order valence-corrected chi connectivity index (χ3v) is 4.38. The molecule has 0 aliphatic carbocycles. The lowest BCUT2D eigenvalue weighted by atomic mass is 10.00. The second kappa shape index (κ2) is 7.47. The van der Waals surface area contributed by atoms with Crippen LogP contribution in [-0.4, -0.2) is 41.7 Å². The molecule has 1 atom stereocenters. The molecule has 0 aromatic heterocycles. The molecule has 2 aromatic rings. The highest BCUT2D eigenvalue weighted by Gasteiger charge is 2.19. The van der Waals surface area contributed by atoms with Gasteiger partial charge in [0, 0.05) is 31.9 Å². The number of benzene rings is 2. The minimum absolute atomic E-state index is 0.214. The number of amides is 1. The second-order valence-electron chi connectivity index (χ2n) is 6.20. The lowest BCUT2D eigenvalue weighted by molar-refractivity contribution is 0.0842. The first-order valence-electron chi connectivity index (χ1n) is 8.23. The molecule has 0 spiro atoms. The third-order valence-electron chi connectivity index (χ3n) is 4.38. The Labute approximate surface area is 142 Å². The summed E-state index contributed by atoms with van der Waals surface area (Å²) < 4.78 is 0. The number of anilines is 1. The number of hydrogen-bond acceptors (Lipinski definition) is 4. The van der Waals surface area contributed by atoms with Crippen LogP contribution in [0.3, 0.4) is 0 Å². The Kier molecular flexibility index (Phi) is 5.13. The van der Waals surface area contributed by atoms with Gasteiger partial charge >= 0.3 is 0 Å².